The van der Waals surface area contributed by atoms with Gasteiger partial charge in [-0.25, -0.2) is 4.39 Å². The number of furan rings is 1. The van der Waals surface area contributed by atoms with Gasteiger partial charge in [0.05, 0.1) is 17.5 Å². The quantitative estimate of drug-likeness (QED) is 0.450. The molecular formula is C24H23ClFN3O4. The molecule has 0 aliphatic heterocycles. The minimum atomic E-state index is -0.857. The molecule has 172 valence electrons. The standard InChI is InChI=1S/C24H23ClFN3O4/c1-13(2)21(29-22(30)15-4-6-16(25)7-5-15)24(32)27-17-8-9-19(26)20(12-17)28-23(31)18-10-11-33-14(18)3/h4-13,21H,1-3H3,(H,27,32)(H,28,31)(H,29,30). The first-order valence-electron chi connectivity index (χ1n) is 10.2. The number of anilines is 2. The Morgan fingerprint density at radius 1 is 0.970 bits per heavy atom. The fourth-order valence-electron chi connectivity index (χ4n) is 3.09. The lowest BCUT2D eigenvalue weighted by Crippen LogP contribution is -2.47. The first-order valence-corrected chi connectivity index (χ1v) is 10.6. The van der Waals surface area contributed by atoms with E-state index in [0.29, 0.717) is 16.3 Å². The first-order chi connectivity index (χ1) is 15.7. The van der Waals surface area contributed by atoms with Gasteiger partial charge in [-0.05, 0) is 61.4 Å². The molecule has 3 aromatic rings. The highest BCUT2D eigenvalue weighted by Gasteiger charge is 2.25. The van der Waals surface area contributed by atoms with E-state index in [-0.39, 0.29) is 22.9 Å². The topological polar surface area (TPSA) is 100 Å². The van der Waals surface area contributed by atoms with Crippen LogP contribution in [0.3, 0.4) is 0 Å². The Bertz CT molecular complexity index is 1170. The maximum Gasteiger partial charge on any atom is 0.259 e. The zero-order valence-corrected chi connectivity index (χ0v) is 19.0. The van der Waals surface area contributed by atoms with Crippen LogP contribution in [0.25, 0.3) is 0 Å². The molecule has 1 heterocycles. The van der Waals surface area contributed by atoms with Gasteiger partial charge in [-0.15, -0.1) is 0 Å². The number of carbonyl (C=O) groups is 3. The number of aryl methyl sites for hydroxylation is 1. The number of benzene rings is 2. The predicted octanol–water partition coefficient (Wildman–Crippen LogP) is 5.03. The highest BCUT2D eigenvalue weighted by atomic mass is 35.5. The molecule has 0 aliphatic carbocycles. The van der Waals surface area contributed by atoms with E-state index >= 15 is 0 Å². The Hall–Kier alpha value is -3.65. The van der Waals surface area contributed by atoms with Gasteiger partial charge in [-0.2, -0.15) is 0 Å². The third-order valence-corrected chi connectivity index (χ3v) is 5.18. The molecule has 3 amide bonds. The van der Waals surface area contributed by atoms with Gasteiger partial charge in [-0.3, -0.25) is 14.4 Å². The summed E-state index contributed by atoms with van der Waals surface area (Å²) >= 11 is 5.85. The van der Waals surface area contributed by atoms with E-state index < -0.39 is 29.6 Å². The monoisotopic (exact) mass is 471 g/mol. The van der Waals surface area contributed by atoms with Crippen LogP contribution in [0, 0.1) is 18.7 Å². The molecule has 0 spiro atoms. The maximum absolute atomic E-state index is 14.3. The molecule has 33 heavy (non-hydrogen) atoms. The summed E-state index contributed by atoms with van der Waals surface area (Å²) in [5, 5.41) is 8.34. The van der Waals surface area contributed by atoms with E-state index in [0.717, 1.165) is 6.07 Å². The molecule has 2 aromatic carbocycles. The van der Waals surface area contributed by atoms with Crippen LogP contribution >= 0.6 is 11.6 Å². The highest BCUT2D eigenvalue weighted by Crippen LogP contribution is 2.22. The zero-order chi connectivity index (χ0) is 24.1. The molecule has 0 saturated heterocycles. The molecular weight excluding hydrogens is 449 g/mol. The van der Waals surface area contributed by atoms with Gasteiger partial charge < -0.3 is 20.4 Å². The Balaban J connectivity index is 1.72. The Kier molecular flexibility index (Phi) is 7.50. The molecule has 7 nitrogen and oxygen atoms in total. The fraction of sp³-hybridized carbons (Fsp3) is 0.208. The number of halogens is 2. The summed E-state index contributed by atoms with van der Waals surface area (Å²) in [5.74, 6) is -1.96. The smallest absolute Gasteiger partial charge is 0.259 e. The second-order valence-corrected chi connectivity index (χ2v) is 8.17. The Morgan fingerprint density at radius 2 is 1.67 bits per heavy atom. The molecule has 3 rings (SSSR count). The van der Waals surface area contributed by atoms with Crippen molar-refractivity contribution in [2.75, 3.05) is 10.6 Å². The summed E-state index contributed by atoms with van der Waals surface area (Å²) in [6.45, 7) is 5.19. The average molecular weight is 472 g/mol. The van der Waals surface area contributed by atoms with E-state index in [1.54, 1.807) is 45.0 Å². The molecule has 1 aromatic heterocycles. The van der Waals surface area contributed by atoms with Crippen LogP contribution in [0.1, 0.15) is 40.3 Å². The van der Waals surface area contributed by atoms with Crippen LogP contribution in [-0.2, 0) is 4.79 Å². The van der Waals surface area contributed by atoms with Crippen molar-refractivity contribution in [3.8, 4) is 0 Å². The van der Waals surface area contributed by atoms with Crippen LogP contribution in [0.4, 0.5) is 15.8 Å². The van der Waals surface area contributed by atoms with Crippen LogP contribution in [0.15, 0.2) is 59.2 Å². The number of nitrogens with one attached hydrogen (secondary N) is 3. The molecule has 0 bridgehead atoms. The third-order valence-electron chi connectivity index (χ3n) is 4.93. The lowest BCUT2D eigenvalue weighted by Gasteiger charge is -2.22. The lowest BCUT2D eigenvalue weighted by atomic mass is 10.0. The predicted molar refractivity (Wildman–Crippen MR) is 124 cm³/mol. The summed E-state index contributed by atoms with van der Waals surface area (Å²) in [5.41, 5.74) is 0.782. The lowest BCUT2D eigenvalue weighted by molar-refractivity contribution is -0.118. The minimum absolute atomic E-state index is 0.107. The molecule has 3 N–H and O–H groups in total. The van der Waals surface area contributed by atoms with Crippen molar-refractivity contribution in [1.82, 2.24) is 5.32 Å². The average Bonchev–Trinajstić information content (AvgIpc) is 3.20. The normalized spacial score (nSPS) is 11.7. The van der Waals surface area contributed by atoms with Crippen LogP contribution in [-0.4, -0.2) is 23.8 Å². The van der Waals surface area contributed by atoms with E-state index in [1.165, 1.54) is 24.5 Å². The summed E-state index contributed by atoms with van der Waals surface area (Å²) in [6.07, 6.45) is 1.36. The van der Waals surface area contributed by atoms with Gasteiger partial charge in [0, 0.05) is 16.3 Å². The number of amides is 3. The van der Waals surface area contributed by atoms with Gasteiger partial charge in [0.25, 0.3) is 11.8 Å². The van der Waals surface area contributed by atoms with Gasteiger partial charge >= 0.3 is 0 Å². The van der Waals surface area contributed by atoms with E-state index in [9.17, 15) is 18.8 Å². The molecule has 0 radical (unpaired) electrons. The Morgan fingerprint density at radius 3 is 2.27 bits per heavy atom. The molecule has 1 atom stereocenters. The van der Waals surface area contributed by atoms with Crippen LogP contribution < -0.4 is 16.0 Å². The summed E-state index contributed by atoms with van der Waals surface area (Å²) < 4.78 is 19.4. The number of rotatable bonds is 7. The summed E-state index contributed by atoms with van der Waals surface area (Å²) in [7, 11) is 0. The summed E-state index contributed by atoms with van der Waals surface area (Å²) in [4.78, 5) is 37.8. The highest BCUT2D eigenvalue weighted by molar-refractivity contribution is 6.30. The largest absolute Gasteiger partial charge is 0.469 e. The van der Waals surface area contributed by atoms with E-state index in [1.807, 2.05) is 0 Å². The molecule has 0 saturated carbocycles. The molecule has 1 unspecified atom stereocenters. The number of hydrogen-bond acceptors (Lipinski definition) is 4. The third kappa shape index (κ3) is 5.98. The zero-order valence-electron chi connectivity index (χ0n) is 18.2. The number of carbonyl (C=O) groups excluding carboxylic acids is 3. The van der Waals surface area contributed by atoms with Crippen molar-refractivity contribution in [2.24, 2.45) is 5.92 Å². The first kappa shape index (κ1) is 24.0. The van der Waals surface area contributed by atoms with Crippen LogP contribution in [0.5, 0.6) is 0 Å². The van der Waals surface area contributed by atoms with Gasteiger partial charge in [0.2, 0.25) is 5.91 Å². The van der Waals surface area contributed by atoms with Gasteiger partial charge in [0.15, 0.2) is 0 Å². The van der Waals surface area contributed by atoms with Crippen molar-refractivity contribution < 1.29 is 23.2 Å². The van der Waals surface area contributed by atoms with Gasteiger partial charge in [0.1, 0.15) is 17.6 Å². The van der Waals surface area contributed by atoms with Gasteiger partial charge in [-0.1, -0.05) is 25.4 Å². The van der Waals surface area contributed by atoms with Crippen molar-refractivity contribution >= 4 is 40.7 Å². The number of hydrogen-bond donors (Lipinski definition) is 3. The van der Waals surface area contributed by atoms with Crippen molar-refractivity contribution in [3.05, 3.63) is 82.5 Å². The maximum atomic E-state index is 14.3. The SMILES string of the molecule is Cc1occc1C(=O)Nc1cc(NC(=O)C(NC(=O)c2ccc(Cl)cc2)C(C)C)ccc1F. The van der Waals surface area contributed by atoms with Crippen molar-refractivity contribution in [2.45, 2.75) is 26.8 Å². The molecule has 0 fully saturated rings. The fourth-order valence-corrected chi connectivity index (χ4v) is 3.22. The molecule has 0 aliphatic rings. The second-order valence-electron chi connectivity index (χ2n) is 7.73. The van der Waals surface area contributed by atoms with E-state index in [4.69, 9.17) is 16.0 Å². The Labute approximate surface area is 195 Å². The second kappa shape index (κ2) is 10.3. The van der Waals surface area contributed by atoms with Crippen LogP contribution in [0.2, 0.25) is 5.02 Å². The van der Waals surface area contributed by atoms with Crippen molar-refractivity contribution in [1.29, 1.82) is 0 Å². The minimum Gasteiger partial charge on any atom is -0.469 e. The van der Waals surface area contributed by atoms with Crippen molar-refractivity contribution in [3.63, 3.8) is 0 Å². The van der Waals surface area contributed by atoms with E-state index in [2.05, 4.69) is 16.0 Å². The molecule has 9 heteroatoms. The summed E-state index contributed by atoms with van der Waals surface area (Å²) in [6, 6.07) is 10.7.